The van der Waals surface area contributed by atoms with E-state index < -0.39 is 8.07 Å². The fourth-order valence-electron chi connectivity index (χ4n) is 4.52. The second-order valence-corrected chi connectivity index (χ2v) is 13.2. The molecule has 4 atom stereocenters. The van der Waals surface area contributed by atoms with Crippen LogP contribution in [0.25, 0.3) is 0 Å². The van der Waals surface area contributed by atoms with Gasteiger partial charge in [0.1, 0.15) is 8.07 Å². The van der Waals surface area contributed by atoms with Crippen LogP contribution < -0.4 is 0 Å². The molecule has 4 fully saturated rings. The molecule has 25 heavy (non-hydrogen) atoms. The first-order valence-electron chi connectivity index (χ1n) is 10.5. The third-order valence-corrected chi connectivity index (χ3v) is 11.7. The Labute approximate surface area is 155 Å². The lowest BCUT2D eigenvalue weighted by Crippen LogP contribution is -2.30. The standard InChI is InChI=1S/C14H24OSi.C8H10O/c1-4-16(5-2,6-3)12-11-14-10-8-7-9-13(14)15-14;1-2-8-6-4-3-5-7(8)9-8/h13H,4-10H2,1-3H3;1,7H,3-6H2/t13-,14-;7-,8+/m11/s1. The van der Waals surface area contributed by atoms with Crippen molar-refractivity contribution in [2.24, 2.45) is 0 Å². The van der Waals surface area contributed by atoms with Crippen LogP contribution in [0.1, 0.15) is 72.1 Å². The SMILES string of the molecule is C#C[C@]12CCCC[C@H]1O2.CC[Si](C#C[C@]12CCCC[C@H]1O2)(CC)CC. The molecule has 0 aromatic carbocycles. The zero-order chi connectivity index (χ0) is 18.0. The molecule has 2 aliphatic carbocycles. The fourth-order valence-corrected chi connectivity index (χ4v) is 7.03. The molecule has 0 unspecified atom stereocenters. The Balaban J connectivity index is 0.000000170. The number of ether oxygens (including phenoxy) is 2. The number of hydrogen-bond acceptors (Lipinski definition) is 2. The second-order valence-electron chi connectivity index (χ2n) is 8.22. The Morgan fingerprint density at radius 1 is 0.880 bits per heavy atom. The number of epoxide rings is 2. The van der Waals surface area contributed by atoms with Gasteiger partial charge in [0, 0.05) is 0 Å². The van der Waals surface area contributed by atoms with Crippen molar-refractivity contribution >= 4 is 8.07 Å². The summed E-state index contributed by atoms with van der Waals surface area (Å²) in [6, 6.07) is 3.90. The highest BCUT2D eigenvalue weighted by Crippen LogP contribution is 2.48. The van der Waals surface area contributed by atoms with Gasteiger partial charge in [-0.15, -0.1) is 12.0 Å². The minimum atomic E-state index is -1.26. The lowest BCUT2D eigenvalue weighted by Gasteiger charge is -2.21. The molecule has 0 spiro atoms. The number of rotatable bonds is 3. The zero-order valence-electron chi connectivity index (χ0n) is 16.3. The van der Waals surface area contributed by atoms with Gasteiger partial charge in [-0.1, -0.05) is 45.5 Å². The maximum absolute atomic E-state index is 5.84. The Bertz CT molecular complexity index is 571. The average Bonchev–Trinajstić information content (AvgIpc) is 3.56. The first-order chi connectivity index (χ1) is 12.1. The average molecular weight is 359 g/mol. The van der Waals surface area contributed by atoms with E-state index in [0.29, 0.717) is 12.2 Å². The van der Waals surface area contributed by atoms with Crippen LogP contribution in [0.4, 0.5) is 0 Å². The van der Waals surface area contributed by atoms with Crippen LogP contribution in [-0.2, 0) is 9.47 Å². The van der Waals surface area contributed by atoms with Crippen LogP contribution in [0.5, 0.6) is 0 Å². The summed E-state index contributed by atoms with van der Waals surface area (Å²) in [6.07, 6.45) is 16.1. The lowest BCUT2D eigenvalue weighted by molar-refractivity contribution is 0.336. The molecule has 4 aliphatic rings. The van der Waals surface area contributed by atoms with E-state index in [1.807, 2.05) is 0 Å². The predicted octanol–water partition coefficient (Wildman–Crippen LogP) is 5.08. The molecule has 2 nitrogen and oxygen atoms in total. The largest absolute Gasteiger partial charge is 0.352 e. The molecule has 2 heterocycles. The molecule has 0 N–H and O–H groups in total. The van der Waals surface area contributed by atoms with E-state index in [4.69, 9.17) is 15.9 Å². The van der Waals surface area contributed by atoms with Crippen LogP contribution in [0.3, 0.4) is 0 Å². The van der Waals surface area contributed by atoms with Crippen molar-refractivity contribution in [1.82, 2.24) is 0 Å². The van der Waals surface area contributed by atoms with Crippen LogP contribution in [0, 0.1) is 23.8 Å². The van der Waals surface area contributed by atoms with Crippen LogP contribution in [-0.4, -0.2) is 31.5 Å². The molecule has 0 aromatic heterocycles. The van der Waals surface area contributed by atoms with Crippen molar-refractivity contribution in [3.8, 4) is 23.8 Å². The highest BCUT2D eigenvalue weighted by molar-refractivity contribution is 6.87. The molecule has 3 heteroatoms. The first-order valence-corrected chi connectivity index (χ1v) is 13.1. The maximum Gasteiger partial charge on any atom is 0.154 e. The molecule has 0 amide bonds. The van der Waals surface area contributed by atoms with Crippen LogP contribution in [0.15, 0.2) is 0 Å². The first kappa shape index (κ1) is 19.0. The highest BCUT2D eigenvalue weighted by atomic mass is 28.3. The topological polar surface area (TPSA) is 25.1 Å². The molecule has 2 saturated heterocycles. The van der Waals surface area contributed by atoms with Gasteiger partial charge >= 0.3 is 0 Å². The van der Waals surface area contributed by atoms with E-state index in [1.165, 1.54) is 63.1 Å². The fraction of sp³-hybridized carbons (Fsp3) is 0.818. The summed E-state index contributed by atoms with van der Waals surface area (Å²) in [4.78, 5) is 0. The van der Waals surface area contributed by atoms with Gasteiger partial charge in [-0.3, -0.25) is 0 Å². The predicted molar refractivity (Wildman–Crippen MR) is 106 cm³/mol. The monoisotopic (exact) mass is 358 g/mol. The van der Waals surface area contributed by atoms with Crippen molar-refractivity contribution in [3.05, 3.63) is 0 Å². The molecular formula is C22H34O2Si. The Hall–Kier alpha value is -0.743. The normalized spacial score (nSPS) is 37.8. The molecule has 138 valence electrons. The van der Waals surface area contributed by atoms with E-state index in [9.17, 15) is 0 Å². The third kappa shape index (κ3) is 3.85. The molecule has 0 radical (unpaired) electrons. The van der Waals surface area contributed by atoms with Gasteiger partial charge in [-0.05, 0) is 56.7 Å². The second kappa shape index (κ2) is 7.48. The van der Waals surface area contributed by atoms with Crippen molar-refractivity contribution < 1.29 is 9.47 Å². The minimum absolute atomic E-state index is 0.0238. The van der Waals surface area contributed by atoms with Gasteiger partial charge in [-0.2, -0.15) is 0 Å². The Morgan fingerprint density at radius 3 is 1.84 bits per heavy atom. The number of hydrogen-bond donors (Lipinski definition) is 0. The van der Waals surface area contributed by atoms with Gasteiger partial charge in [0.2, 0.25) is 0 Å². The van der Waals surface area contributed by atoms with E-state index in [0.717, 1.165) is 6.42 Å². The van der Waals surface area contributed by atoms with Crippen molar-refractivity contribution in [3.63, 3.8) is 0 Å². The quantitative estimate of drug-likeness (QED) is 0.399. The maximum atomic E-state index is 5.84. The molecular weight excluding hydrogens is 324 g/mol. The van der Waals surface area contributed by atoms with Gasteiger partial charge in [-0.25, -0.2) is 0 Å². The van der Waals surface area contributed by atoms with Crippen molar-refractivity contribution in [2.75, 3.05) is 0 Å². The molecule has 2 aliphatic heterocycles. The number of fused-ring (bicyclic) bond motifs is 2. The van der Waals surface area contributed by atoms with Crippen LogP contribution in [0.2, 0.25) is 18.1 Å². The summed E-state index contributed by atoms with van der Waals surface area (Å²) in [7, 11) is -1.26. The van der Waals surface area contributed by atoms with Gasteiger partial charge in [0.25, 0.3) is 0 Å². The van der Waals surface area contributed by atoms with E-state index in [-0.39, 0.29) is 11.2 Å². The molecule has 2 saturated carbocycles. The molecule has 0 aromatic rings. The summed E-state index contributed by atoms with van der Waals surface area (Å²) in [6.45, 7) is 6.95. The van der Waals surface area contributed by atoms with E-state index in [1.54, 1.807) is 0 Å². The van der Waals surface area contributed by atoms with Crippen LogP contribution >= 0.6 is 0 Å². The van der Waals surface area contributed by atoms with E-state index >= 15 is 0 Å². The van der Waals surface area contributed by atoms with Gasteiger partial charge < -0.3 is 9.47 Å². The highest BCUT2D eigenvalue weighted by Gasteiger charge is 2.56. The molecule has 4 rings (SSSR count). The number of terminal acetylenes is 1. The molecule has 0 bridgehead atoms. The van der Waals surface area contributed by atoms with E-state index in [2.05, 4.69) is 38.2 Å². The van der Waals surface area contributed by atoms with Crippen molar-refractivity contribution in [2.45, 2.75) is 114 Å². The Morgan fingerprint density at radius 2 is 1.40 bits per heavy atom. The Kier molecular flexibility index (Phi) is 5.69. The summed E-state index contributed by atoms with van der Waals surface area (Å²) in [5.74, 6) is 6.29. The summed E-state index contributed by atoms with van der Waals surface area (Å²) in [5, 5.41) is 0. The summed E-state index contributed by atoms with van der Waals surface area (Å²) >= 11 is 0. The summed E-state index contributed by atoms with van der Waals surface area (Å²) < 4.78 is 11.2. The zero-order valence-corrected chi connectivity index (χ0v) is 17.3. The minimum Gasteiger partial charge on any atom is -0.352 e. The summed E-state index contributed by atoms with van der Waals surface area (Å²) in [5.41, 5.74) is 3.64. The lowest BCUT2D eigenvalue weighted by atomic mass is 9.90. The third-order valence-electron chi connectivity index (χ3n) is 6.97. The smallest absolute Gasteiger partial charge is 0.154 e. The van der Waals surface area contributed by atoms with Crippen molar-refractivity contribution in [1.29, 1.82) is 0 Å². The van der Waals surface area contributed by atoms with Gasteiger partial charge in [0.05, 0.1) is 12.2 Å². The van der Waals surface area contributed by atoms with Gasteiger partial charge in [0.15, 0.2) is 11.2 Å².